The van der Waals surface area contributed by atoms with Crippen molar-refractivity contribution in [2.45, 2.75) is 19.0 Å². The van der Waals surface area contributed by atoms with Gasteiger partial charge in [-0.1, -0.05) is 30.3 Å². The number of nitrogen functional groups attached to an aromatic ring is 1. The zero-order valence-corrected chi connectivity index (χ0v) is 14.5. The van der Waals surface area contributed by atoms with Crippen LogP contribution in [0.4, 0.5) is 11.8 Å². The van der Waals surface area contributed by atoms with E-state index in [0.717, 1.165) is 42.2 Å². The summed E-state index contributed by atoms with van der Waals surface area (Å²) in [5, 5.41) is 2.97. The summed E-state index contributed by atoms with van der Waals surface area (Å²) in [5.41, 5.74) is 7.43. The van der Waals surface area contributed by atoms with Gasteiger partial charge in [-0.2, -0.15) is 4.98 Å². The van der Waals surface area contributed by atoms with Gasteiger partial charge in [-0.05, 0) is 30.5 Å². The number of nitrogens with two attached hydrogens (primary N) is 1. The molecule has 2 N–H and O–H groups in total. The first-order valence-electron chi connectivity index (χ1n) is 8.20. The van der Waals surface area contributed by atoms with E-state index in [0.29, 0.717) is 11.9 Å². The van der Waals surface area contributed by atoms with Crippen molar-refractivity contribution in [2.75, 3.05) is 30.8 Å². The van der Waals surface area contributed by atoms with Gasteiger partial charge in [-0.25, -0.2) is 4.98 Å². The number of likely N-dealkylation sites (N-methyl/N-ethyl adjacent to an activating group) is 1. The maximum absolute atomic E-state index is 6.08. The molecule has 1 aliphatic rings. The molecule has 0 radical (unpaired) electrons. The largest absolute Gasteiger partial charge is 0.383 e. The zero-order valence-electron chi connectivity index (χ0n) is 13.7. The summed E-state index contributed by atoms with van der Waals surface area (Å²) in [6.07, 6.45) is 1.12. The predicted octanol–water partition coefficient (Wildman–Crippen LogP) is 2.98. The zero-order chi connectivity index (χ0) is 16.5. The molecule has 3 heterocycles. The van der Waals surface area contributed by atoms with Crippen molar-refractivity contribution < 1.29 is 0 Å². The van der Waals surface area contributed by atoms with E-state index in [1.54, 1.807) is 11.3 Å². The molecule has 1 fully saturated rings. The highest BCUT2D eigenvalue weighted by Crippen LogP contribution is 2.28. The van der Waals surface area contributed by atoms with E-state index < -0.39 is 0 Å². The molecular formula is C18H21N5S. The molecule has 4 rings (SSSR count). The van der Waals surface area contributed by atoms with Crippen LogP contribution >= 0.6 is 11.3 Å². The molecule has 24 heavy (non-hydrogen) atoms. The van der Waals surface area contributed by atoms with Crippen molar-refractivity contribution in [1.29, 1.82) is 0 Å². The fourth-order valence-electron chi connectivity index (χ4n) is 3.29. The SMILES string of the molecule is CN(Cc1ccccc1)C1CCN(c2nc(N)c3ccsc3n2)C1. The van der Waals surface area contributed by atoms with Crippen LogP contribution in [0.5, 0.6) is 0 Å². The quantitative estimate of drug-likeness (QED) is 0.792. The molecule has 0 saturated carbocycles. The molecule has 1 aromatic carbocycles. The van der Waals surface area contributed by atoms with E-state index in [1.165, 1.54) is 5.56 Å². The highest BCUT2D eigenvalue weighted by molar-refractivity contribution is 7.16. The Bertz CT molecular complexity index is 832. The first kappa shape index (κ1) is 15.4. The third kappa shape index (κ3) is 2.95. The maximum Gasteiger partial charge on any atom is 0.228 e. The Balaban J connectivity index is 1.47. The second kappa shape index (κ2) is 6.37. The summed E-state index contributed by atoms with van der Waals surface area (Å²) in [4.78, 5) is 14.8. The number of thiophene rings is 1. The lowest BCUT2D eigenvalue weighted by Gasteiger charge is -2.24. The molecular weight excluding hydrogens is 318 g/mol. The van der Waals surface area contributed by atoms with Crippen molar-refractivity contribution in [3.63, 3.8) is 0 Å². The number of rotatable bonds is 4. The van der Waals surface area contributed by atoms with Crippen LogP contribution in [-0.4, -0.2) is 41.0 Å². The maximum atomic E-state index is 6.08. The second-order valence-electron chi connectivity index (χ2n) is 6.34. The lowest BCUT2D eigenvalue weighted by Crippen LogP contribution is -2.34. The molecule has 0 bridgehead atoms. The third-order valence-corrected chi connectivity index (χ3v) is 5.49. The van der Waals surface area contributed by atoms with Crippen LogP contribution in [0.1, 0.15) is 12.0 Å². The van der Waals surface area contributed by atoms with Crippen LogP contribution in [0.15, 0.2) is 41.8 Å². The van der Waals surface area contributed by atoms with Crippen LogP contribution < -0.4 is 10.6 Å². The summed E-state index contributed by atoms with van der Waals surface area (Å²) in [6.45, 7) is 2.88. The standard InChI is InChI=1S/C18H21N5S/c1-22(11-13-5-3-2-4-6-13)14-7-9-23(12-14)18-20-16(19)15-8-10-24-17(15)21-18/h2-6,8,10,14H,7,9,11-12H2,1H3,(H2,19,20,21). The Morgan fingerprint density at radius 3 is 2.92 bits per heavy atom. The Hall–Kier alpha value is -2.18. The highest BCUT2D eigenvalue weighted by atomic mass is 32.1. The van der Waals surface area contributed by atoms with E-state index in [4.69, 9.17) is 10.7 Å². The monoisotopic (exact) mass is 339 g/mol. The fraction of sp³-hybridized carbons (Fsp3) is 0.333. The number of fused-ring (bicyclic) bond motifs is 1. The molecule has 6 heteroatoms. The molecule has 1 aliphatic heterocycles. The predicted molar refractivity (Wildman–Crippen MR) is 100 cm³/mol. The Morgan fingerprint density at radius 2 is 2.08 bits per heavy atom. The van der Waals surface area contributed by atoms with Gasteiger partial charge in [0.15, 0.2) is 0 Å². The second-order valence-corrected chi connectivity index (χ2v) is 7.23. The molecule has 1 unspecified atom stereocenters. The van der Waals surface area contributed by atoms with Gasteiger partial charge in [0.25, 0.3) is 0 Å². The first-order valence-corrected chi connectivity index (χ1v) is 9.08. The normalized spacial score (nSPS) is 17.9. The van der Waals surface area contributed by atoms with Gasteiger partial charge in [0.05, 0.1) is 5.39 Å². The summed E-state index contributed by atoms with van der Waals surface area (Å²) in [5.74, 6) is 1.34. The average Bonchev–Trinajstić information content (AvgIpc) is 3.25. The van der Waals surface area contributed by atoms with Crippen LogP contribution in [-0.2, 0) is 6.54 Å². The molecule has 0 amide bonds. The third-order valence-electron chi connectivity index (χ3n) is 4.69. The van der Waals surface area contributed by atoms with E-state index >= 15 is 0 Å². The Morgan fingerprint density at radius 1 is 1.25 bits per heavy atom. The number of benzene rings is 1. The van der Waals surface area contributed by atoms with Gasteiger partial charge < -0.3 is 10.6 Å². The Kier molecular flexibility index (Phi) is 4.08. The van der Waals surface area contributed by atoms with Crippen LogP contribution in [0.25, 0.3) is 10.2 Å². The van der Waals surface area contributed by atoms with Gasteiger partial charge in [0.1, 0.15) is 10.6 Å². The molecule has 1 saturated heterocycles. The molecule has 124 valence electrons. The van der Waals surface area contributed by atoms with E-state index in [-0.39, 0.29) is 0 Å². The van der Waals surface area contributed by atoms with Crippen LogP contribution in [0.2, 0.25) is 0 Å². The van der Waals surface area contributed by atoms with Gasteiger partial charge in [0.2, 0.25) is 5.95 Å². The minimum absolute atomic E-state index is 0.508. The van der Waals surface area contributed by atoms with E-state index in [1.807, 2.05) is 11.4 Å². The van der Waals surface area contributed by atoms with Crippen LogP contribution in [0, 0.1) is 0 Å². The molecule has 0 spiro atoms. The lowest BCUT2D eigenvalue weighted by molar-refractivity contribution is 0.250. The van der Waals surface area contributed by atoms with Gasteiger partial charge in [-0.3, -0.25) is 4.90 Å². The Labute approximate surface area is 145 Å². The van der Waals surface area contributed by atoms with Gasteiger partial charge in [-0.15, -0.1) is 11.3 Å². The van der Waals surface area contributed by atoms with Crippen molar-refractivity contribution >= 4 is 33.3 Å². The smallest absolute Gasteiger partial charge is 0.228 e. The van der Waals surface area contributed by atoms with Gasteiger partial charge in [0, 0.05) is 25.7 Å². The van der Waals surface area contributed by atoms with Crippen molar-refractivity contribution in [3.8, 4) is 0 Å². The first-order chi connectivity index (χ1) is 11.7. The fourth-order valence-corrected chi connectivity index (χ4v) is 4.06. The number of hydrogen-bond acceptors (Lipinski definition) is 6. The number of nitrogens with zero attached hydrogens (tertiary/aromatic N) is 4. The number of aromatic nitrogens is 2. The van der Waals surface area contributed by atoms with Crippen molar-refractivity contribution in [2.24, 2.45) is 0 Å². The summed E-state index contributed by atoms with van der Waals surface area (Å²) >= 11 is 1.62. The topological polar surface area (TPSA) is 58.3 Å². The molecule has 2 aromatic heterocycles. The lowest BCUT2D eigenvalue weighted by atomic mass is 10.1. The average molecular weight is 339 g/mol. The van der Waals surface area contributed by atoms with Crippen LogP contribution in [0.3, 0.4) is 0 Å². The van der Waals surface area contributed by atoms with E-state index in [9.17, 15) is 0 Å². The van der Waals surface area contributed by atoms with Gasteiger partial charge >= 0.3 is 0 Å². The number of anilines is 2. The highest BCUT2D eigenvalue weighted by Gasteiger charge is 2.27. The molecule has 1 atom stereocenters. The van der Waals surface area contributed by atoms with Crippen molar-refractivity contribution in [1.82, 2.24) is 14.9 Å². The van der Waals surface area contributed by atoms with E-state index in [2.05, 4.69) is 52.2 Å². The minimum atomic E-state index is 0.508. The summed E-state index contributed by atoms with van der Waals surface area (Å²) < 4.78 is 0. The molecule has 5 nitrogen and oxygen atoms in total. The minimum Gasteiger partial charge on any atom is -0.383 e. The van der Waals surface area contributed by atoms with Crippen molar-refractivity contribution in [3.05, 3.63) is 47.3 Å². The summed E-state index contributed by atoms with van der Waals surface area (Å²) in [6, 6.07) is 13.1. The summed E-state index contributed by atoms with van der Waals surface area (Å²) in [7, 11) is 2.19. The number of hydrogen-bond donors (Lipinski definition) is 1. The molecule has 0 aliphatic carbocycles. The molecule has 3 aromatic rings.